The van der Waals surface area contributed by atoms with E-state index in [0.29, 0.717) is 51.5 Å². The fourth-order valence-electron chi connectivity index (χ4n) is 2.52. The lowest BCUT2D eigenvalue weighted by molar-refractivity contribution is -0.116. The Morgan fingerprint density at radius 1 is 1.23 bits per heavy atom. The summed E-state index contributed by atoms with van der Waals surface area (Å²) < 4.78 is 10.1. The molecule has 0 radical (unpaired) electrons. The van der Waals surface area contributed by atoms with Crippen LogP contribution in [0.2, 0.25) is 5.02 Å². The van der Waals surface area contributed by atoms with Crippen LogP contribution in [0.4, 0.5) is 5.82 Å². The normalized spacial score (nSPS) is 11.0. The number of rotatable bonds is 8. The molecule has 3 aromatic heterocycles. The molecule has 1 amide bonds. The molecule has 30 heavy (non-hydrogen) atoms. The zero-order valence-corrected chi connectivity index (χ0v) is 17.3. The summed E-state index contributed by atoms with van der Waals surface area (Å²) in [7, 11) is 0. The average Bonchev–Trinajstić information content (AvgIpc) is 3.47. The van der Waals surface area contributed by atoms with Gasteiger partial charge in [0, 0.05) is 24.5 Å². The number of carbonyl (C=O) groups excluding carboxylic acids is 1. The lowest BCUT2D eigenvalue weighted by Gasteiger charge is -1.98. The fraction of sp³-hybridized carbons (Fsp3) is 0.222. The van der Waals surface area contributed by atoms with E-state index in [1.54, 1.807) is 19.1 Å². The summed E-state index contributed by atoms with van der Waals surface area (Å²) in [5, 5.41) is 18.5. The number of nitrogens with zero attached hydrogens (tertiary/aromatic N) is 5. The van der Waals surface area contributed by atoms with Crippen molar-refractivity contribution in [3.8, 4) is 11.4 Å². The van der Waals surface area contributed by atoms with Crippen molar-refractivity contribution >= 4 is 35.1 Å². The predicted molar refractivity (Wildman–Crippen MR) is 109 cm³/mol. The molecule has 0 aliphatic heterocycles. The highest BCUT2D eigenvalue weighted by Crippen LogP contribution is 2.26. The molecular formula is C18H16ClN7O3S. The highest BCUT2D eigenvalue weighted by atomic mass is 35.5. The first-order valence-corrected chi connectivity index (χ1v) is 10.3. The van der Waals surface area contributed by atoms with Crippen LogP contribution in [0.5, 0.6) is 0 Å². The van der Waals surface area contributed by atoms with Gasteiger partial charge >= 0.3 is 0 Å². The van der Waals surface area contributed by atoms with Crippen molar-refractivity contribution in [1.82, 2.24) is 30.5 Å². The molecule has 0 aliphatic carbocycles. The van der Waals surface area contributed by atoms with Crippen LogP contribution in [0.3, 0.4) is 0 Å². The van der Waals surface area contributed by atoms with Gasteiger partial charge in [-0.25, -0.2) is 4.98 Å². The molecule has 154 valence electrons. The second-order valence-electron chi connectivity index (χ2n) is 6.21. The topological polar surface area (TPSA) is 136 Å². The van der Waals surface area contributed by atoms with E-state index in [0.717, 1.165) is 5.56 Å². The van der Waals surface area contributed by atoms with E-state index in [1.807, 2.05) is 18.2 Å². The molecule has 1 aromatic carbocycles. The number of aryl methyl sites for hydroxylation is 2. The Morgan fingerprint density at radius 2 is 2.10 bits per heavy atom. The Labute approximate surface area is 179 Å². The van der Waals surface area contributed by atoms with Gasteiger partial charge in [-0.15, -0.1) is 5.10 Å². The smallest absolute Gasteiger partial charge is 0.227 e. The summed E-state index contributed by atoms with van der Waals surface area (Å²) in [6.07, 6.45) is 0.500. The Bertz CT molecular complexity index is 1160. The van der Waals surface area contributed by atoms with Crippen molar-refractivity contribution in [3.63, 3.8) is 0 Å². The molecule has 12 heteroatoms. The molecule has 0 spiro atoms. The van der Waals surface area contributed by atoms with Gasteiger partial charge in [0.2, 0.25) is 17.0 Å². The van der Waals surface area contributed by atoms with Crippen molar-refractivity contribution in [2.45, 2.75) is 30.7 Å². The summed E-state index contributed by atoms with van der Waals surface area (Å²) in [4.78, 5) is 20.7. The number of amides is 1. The summed E-state index contributed by atoms with van der Waals surface area (Å²) in [5.74, 6) is 2.66. The maximum absolute atomic E-state index is 11.9. The van der Waals surface area contributed by atoms with Gasteiger partial charge in [-0.2, -0.15) is 4.98 Å². The minimum absolute atomic E-state index is 0.183. The molecule has 0 fully saturated rings. The maximum Gasteiger partial charge on any atom is 0.227 e. The van der Waals surface area contributed by atoms with Gasteiger partial charge in [0.15, 0.2) is 17.5 Å². The number of benzene rings is 1. The van der Waals surface area contributed by atoms with Gasteiger partial charge in [0.05, 0.1) is 10.8 Å². The molecule has 4 aromatic rings. The lowest BCUT2D eigenvalue weighted by atomic mass is 10.2. The minimum Gasteiger partial charge on any atom is -0.360 e. The molecule has 0 unspecified atom stereocenters. The van der Waals surface area contributed by atoms with Gasteiger partial charge < -0.3 is 14.4 Å². The number of hydrogen-bond acceptors (Lipinski definition) is 9. The average molecular weight is 446 g/mol. The van der Waals surface area contributed by atoms with E-state index in [9.17, 15) is 4.79 Å². The molecule has 10 nitrogen and oxygen atoms in total. The molecular weight excluding hydrogens is 430 g/mol. The number of anilines is 1. The molecule has 4 rings (SSSR count). The predicted octanol–water partition coefficient (Wildman–Crippen LogP) is 3.67. The van der Waals surface area contributed by atoms with Gasteiger partial charge in [-0.3, -0.25) is 9.89 Å². The molecule has 0 bridgehead atoms. The van der Waals surface area contributed by atoms with Crippen LogP contribution in [-0.2, 0) is 17.0 Å². The van der Waals surface area contributed by atoms with Crippen molar-refractivity contribution in [2.75, 3.05) is 5.32 Å². The third-order valence-corrected chi connectivity index (χ3v) is 5.07. The lowest BCUT2D eigenvalue weighted by Crippen LogP contribution is -2.12. The number of H-pyrrole nitrogens is 1. The van der Waals surface area contributed by atoms with Crippen molar-refractivity contribution < 1.29 is 13.8 Å². The number of hydrogen-bond donors (Lipinski definition) is 2. The number of aromatic amines is 1. The summed E-state index contributed by atoms with van der Waals surface area (Å²) in [6.45, 7) is 1.75. The SMILES string of the molecule is Cc1cc(NC(=O)CCc2nc(CSc3n[nH]c(-c4ccccc4Cl)n3)no2)no1. The van der Waals surface area contributed by atoms with Crippen LogP contribution in [0.25, 0.3) is 11.4 Å². The number of nitrogens with one attached hydrogen (secondary N) is 2. The van der Waals surface area contributed by atoms with Crippen LogP contribution in [0, 0.1) is 6.92 Å². The van der Waals surface area contributed by atoms with Gasteiger partial charge in [0.1, 0.15) is 5.76 Å². The molecule has 3 heterocycles. The molecule has 2 N–H and O–H groups in total. The maximum atomic E-state index is 11.9. The zero-order chi connectivity index (χ0) is 20.9. The first-order chi connectivity index (χ1) is 14.6. The number of thioether (sulfide) groups is 1. The Morgan fingerprint density at radius 3 is 2.90 bits per heavy atom. The van der Waals surface area contributed by atoms with E-state index in [4.69, 9.17) is 20.6 Å². The Balaban J connectivity index is 1.27. The summed E-state index contributed by atoms with van der Waals surface area (Å²) >= 11 is 7.54. The van der Waals surface area contributed by atoms with E-state index >= 15 is 0 Å². The zero-order valence-electron chi connectivity index (χ0n) is 15.8. The van der Waals surface area contributed by atoms with Crippen molar-refractivity contribution in [1.29, 1.82) is 0 Å². The molecule has 0 aliphatic rings. The van der Waals surface area contributed by atoms with Gasteiger partial charge in [-0.05, 0) is 19.1 Å². The van der Waals surface area contributed by atoms with E-state index in [-0.39, 0.29) is 12.3 Å². The van der Waals surface area contributed by atoms with Crippen LogP contribution < -0.4 is 5.32 Å². The van der Waals surface area contributed by atoms with Crippen LogP contribution in [0.15, 0.2) is 44.5 Å². The van der Waals surface area contributed by atoms with Crippen molar-refractivity contribution in [2.24, 2.45) is 0 Å². The molecule has 0 atom stereocenters. The van der Waals surface area contributed by atoms with E-state index < -0.39 is 0 Å². The molecule has 0 saturated carbocycles. The highest BCUT2D eigenvalue weighted by Gasteiger charge is 2.13. The van der Waals surface area contributed by atoms with E-state index in [2.05, 4.69) is 35.8 Å². The largest absolute Gasteiger partial charge is 0.360 e. The van der Waals surface area contributed by atoms with Gasteiger partial charge in [0.25, 0.3) is 0 Å². The fourth-order valence-corrected chi connectivity index (χ4v) is 3.38. The van der Waals surface area contributed by atoms with Crippen LogP contribution >= 0.6 is 23.4 Å². The first-order valence-electron chi connectivity index (χ1n) is 8.91. The highest BCUT2D eigenvalue weighted by molar-refractivity contribution is 7.98. The standard InChI is InChI=1S/C18H16ClN7O3S/c1-10-8-13(25-28-10)20-15(27)6-7-16-21-14(26-29-16)9-30-18-22-17(23-24-18)11-4-2-3-5-12(11)19/h2-5,8H,6-7,9H2,1H3,(H,20,25,27)(H,22,23,24). The summed E-state index contributed by atoms with van der Waals surface area (Å²) in [5.41, 5.74) is 0.777. The third kappa shape index (κ3) is 5.05. The monoisotopic (exact) mass is 445 g/mol. The van der Waals surface area contributed by atoms with Crippen LogP contribution in [0.1, 0.15) is 23.9 Å². The quantitative estimate of drug-likeness (QED) is 0.389. The molecule has 0 saturated heterocycles. The summed E-state index contributed by atoms with van der Waals surface area (Å²) in [6, 6.07) is 9.03. The number of halogens is 1. The first kappa shape index (κ1) is 20.1. The Hall–Kier alpha value is -3.18. The Kier molecular flexibility index (Phi) is 6.10. The second-order valence-corrected chi connectivity index (χ2v) is 7.56. The second kappa shape index (κ2) is 9.09. The number of aromatic nitrogens is 6. The van der Waals surface area contributed by atoms with E-state index in [1.165, 1.54) is 11.8 Å². The van der Waals surface area contributed by atoms with Gasteiger partial charge in [-0.1, -0.05) is 45.8 Å². The number of carbonyl (C=O) groups is 1. The van der Waals surface area contributed by atoms with Crippen LogP contribution in [-0.4, -0.2) is 36.4 Å². The third-order valence-electron chi connectivity index (χ3n) is 3.90. The minimum atomic E-state index is -0.217. The van der Waals surface area contributed by atoms with Crippen molar-refractivity contribution in [3.05, 3.63) is 52.8 Å².